The average molecular weight is 734 g/mol. The summed E-state index contributed by atoms with van der Waals surface area (Å²) in [5.41, 5.74) is 4.36. The minimum Gasteiger partial charge on any atom is -0.505 e. The third-order valence-corrected chi connectivity index (χ3v) is 12.2. The molecule has 0 radical (unpaired) electrons. The zero-order valence-corrected chi connectivity index (χ0v) is 29.6. The minimum atomic E-state index is -5.68. The number of hydrogen-bond acceptors (Lipinski definition) is 4. The van der Waals surface area contributed by atoms with Crippen molar-refractivity contribution in [3.63, 3.8) is 0 Å². The van der Waals surface area contributed by atoms with Crippen LogP contribution in [0.2, 0.25) is 0 Å². The van der Waals surface area contributed by atoms with E-state index in [0.29, 0.717) is 37.2 Å². The zero-order chi connectivity index (χ0) is 36.5. The Morgan fingerprint density at radius 3 is 2.26 bits per heavy atom. The second-order valence-electron chi connectivity index (χ2n) is 13.9. The lowest BCUT2D eigenvalue weighted by atomic mass is 9.89. The fraction of sp³-hybridized carbons (Fsp3) is 0.632. The molecule has 1 N–H and O–H groups in total. The van der Waals surface area contributed by atoms with Crippen LogP contribution in [-0.2, 0) is 16.3 Å². The lowest BCUT2D eigenvalue weighted by Gasteiger charge is -2.28. The van der Waals surface area contributed by atoms with Gasteiger partial charge in [0.1, 0.15) is 15.7 Å². The van der Waals surface area contributed by atoms with Gasteiger partial charge in [-0.05, 0) is 136 Å². The van der Waals surface area contributed by atoms with Gasteiger partial charge < -0.3 is 10.0 Å². The van der Waals surface area contributed by atoms with Gasteiger partial charge in [-0.15, -0.1) is 0 Å². The Morgan fingerprint density at radius 2 is 1.56 bits per heavy atom. The monoisotopic (exact) mass is 733 g/mol. The van der Waals surface area contributed by atoms with Gasteiger partial charge in [0.15, 0.2) is 11.6 Å². The number of likely N-dealkylation sites (tertiary alicyclic amines) is 1. The first-order valence-corrected chi connectivity index (χ1v) is 19.8. The Kier molecular flexibility index (Phi) is 14.3. The summed E-state index contributed by atoms with van der Waals surface area (Å²) >= 11 is 0. The number of allylic oxidation sites excluding steroid dienone is 2. The first-order valence-electron chi connectivity index (χ1n) is 18.0. The van der Waals surface area contributed by atoms with Crippen molar-refractivity contribution >= 4 is 21.0 Å². The van der Waals surface area contributed by atoms with E-state index in [4.69, 9.17) is 0 Å². The first kappa shape index (κ1) is 40.2. The standard InChI is InChI=1S/C38H50F7NO3S/c1-2-10-28-21-24-46(34(28)14-8-25-50(48,49)26-9-22-37(41,42)38(43,44)45)23-6-4-3-5-11-31-30(27-15-17-29(39)18-16-27)12-7-13-33-32(31)19-20-35(47)36(33)40/h15-20,28,34,47H,2-14,21-26H2,1H3/t28?,34-/m1/s1. The summed E-state index contributed by atoms with van der Waals surface area (Å²) in [4.78, 5) is 2.42. The van der Waals surface area contributed by atoms with E-state index in [0.717, 1.165) is 93.2 Å². The van der Waals surface area contributed by atoms with Gasteiger partial charge in [0.05, 0.1) is 11.5 Å². The Balaban J connectivity index is 1.30. The first-order chi connectivity index (χ1) is 23.6. The highest BCUT2D eigenvalue weighted by Crippen LogP contribution is 2.42. The summed E-state index contributed by atoms with van der Waals surface area (Å²) < 4.78 is 117. The van der Waals surface area contributed by atoms with Gasteiger partial charge in [0, 0.05) is 12.5 Å². The zero-order valence-electron chi connectivity index (χ0n) is 28.8. The molecule has 2 aromatic rings. The molecule has 1 unspecified atom stereocenters. The van der Waals surface area contributed by atoms with Gasteiger partial charge in [-0.25, -0.2) is 17.2 Å². The normalized spacial score (nSPS) is 19.2. The molecule has 0 bridgehead atoms. The molecule has 4 rings (SSSR count). The van der Waals surface area contributed by atoms with E-state index in [1.54, 1.807) is 18.2 Å². The number of hydrogen-bond donors (Lipinski definition) is 1. The summed E-state index contributed by atoms with van der Waals surface area (Å²) in [5, 5.41) is 10.0. The average Bonchev–Trinajstić information content (AvgIpc) is 3.31. The molecule has 0 saturated carbocycles. The quantitative estimate of drug-likeness (QED) is 0.122. The highest BCUT2D eigenvalue weighted by atomic mass is 32.2. The second kappa shape index (κ2) is 17.8. The largest absolute Gasteiger partial charge is 0.505 e. The fourth-order valence-electron chi connectivity index (χ4n) is 7.78. The highest BCUT2D eigenvalue weighted by molar-refractivity contribution is 7.91. The van der Waals surface area contributed by atoms with E-state index in [1.165, 1.54) is 18.2 Å². The molecule has 50 heavy (non-hydrogen) atoms. The van der Waals surface area contributed by atoms with E-state index in [-0.39, 0.29) is 23.4 Å². The Morgan fingerprint density at radius 1 is 0.860 bits per heavy atom. The number of fused-ring (bicyclic) bond motifs is 1. The Labute approximate surface area is 292 Å². The molecule has 1 heterocycles. The van der Waals surface area contributed by atoms with Crippen LogP contribution in [0.5, 0.6) is 5.75 Å². The van der Waals surface area contributed by atoms with Gasteiger partial charge in [0.25, 0.3) is 0 Å². The smallest absolute Gasteiger partial charge is 0.453 e. The third kappa shape index (κ3) is 10.7. The van der Waals surface area contributed by atoms with Crippen molar-refractivity contribution < 1.29 is 44.3 Å². The van der Waals surface area contributed by atoms with Gasteiger partial charge in [-0.1, -0.05) is 44.4 Å². The number of phenolic OH excluding ortho intramolecular Hbond substituents is 1. The molecule has 2 aliphatic rings. The summed E-state index contributed by atoms with van der Waals surface area (Å²) in [7, 11) is -3.75. The number of nitrogens with zero attached hydrogens (tertiary/aromatic N) is 1. The maximum absolute atomic E-state index is 15.0. The van der Waals surface area contributed by atoms with Crippen LogP contribution in [0.3, 0.4) is 0 Å². The van der Waals surface area contributed by atoms with Crippen molar-refractivity contribution in [2.24, 2.45) is 5.92 Å². The maximum atomic E-state index is 15.0. The van der Waals surface area contributed by atoms with Crippen LogP contribution in [0, 0.1) is 17.6 Å². The van der Waals surface area contributed by atoms with E-state index in [9.17, 15) is 39.9 Å². The molecule has 4 nitrogen and oxygen atoms in total. The maximum Gasteiger partial charge on any atom is 0.453 e. The molecule has 1 aliphatic carbocycles. The summed E-state index contributed by atoms with van der Waals surface area (Å²) in [6.07, 6.45) is 2.45. The molecule has 1 fully saturated rings. The van der Waals surface area contributed by atoms with Gasteiger partial charge in [0.2, 0.25) is 0 Å². The van der Waals surface area contributed by atoms with Crippen LogP contribution in [0.1, 0.15) is 114 Å². The van der Waals surface area contributed by atoms with Crippen LogP contribution < -0.4 is 0 Å². The molecule has 12 heteroatoms. The molecular formula is C38H50F7NO3S. The summed E-state index contributed by atoms with van der Waals surface area (Å²) in [6, 6.07) is 9.79. The van der Waals surface area contributed by atoms with Crippen LogP contribution in [0.25, 0.3) is 11.1 Å². The van der Waals surface area contributed by atoms with Crippen molar-refractivity contribution in [2.45, 2.75) is 121 Å². The third-order valence-electron chi connectivity index (χ3n) is 10.4. The van der Waals surface area contributed by atoms with Crippen molar-refractivity contribution in [1.29, 1.82) is 0 Å². The number of sulfone groups is 1. The van der Waals surface area contributed by atoms with Crippen LogP contribution in [-0.4, -0.2) is 61.2 Å². The van der Waals surface area contributed by atoms with Gasteiger partial charge in [-0.2, -0.15) is 22.0 Å². The molecular weight excluding hydrogens is 683 g/mol. The van der Waals surface area contributed by atoms with Crippen molar-refractivity contribution in [3.8, 4) is 5.75 Å². The summed E-state index contributed by atoms with van der Waals surface area (Å²) in [5.74, 6) is -6.63. The minimum absolute atomic E-state index is 0.205. The van der Waals surface area contributed by atoms with E-state index in [2.05, 4.69) is 11.8 Å². The Bertz CT molecular complexity index is 1540. The van der Waals surface area contributed by atoms with Crippen LogP contribution in [0.4, 0.5) is 30.7 Å². The predicted octanol–water partition coefficient (Wildman–Crippen LogP) is 10.5. The fourth-order valence-corrected chi connectivity index (χ4v) is 9.17. The molecule has 2 atom stereocenters. The number of rotatable bonds is 18. The topological polar surface area (TPSA) is 57.6 Å². The van der Waals surface area contributed by atoms with E-state index < -0.39 is 46.3 Å². The number of halogens is 7. The van der Waals surface area contributed by atoms with Crippen LogP contribution in [0.15, 0.2) is 36.4 Å². The molecule has 1 aliphatic heterocycles. The van der Waals surface area contributed by atoms with Crippen LogP contribution >= 0.6 is 0 Å². The Hall–Kier alpha value is -2.60. The number of benzene rings is 2. The molecule has 2 aromatic carbocycles. The SMILES string of the molecule is CCCC1CCN(CCCCCCC2=C(c3ccc(F)cc3)CCCc3c2ccc(O)c3F)[C@@H]1CCCS(=O)(=O)CCCC(F)(F)C(F)(F)F. The molecule has 0 aromatic heterocycles. The predicted molar refractivity (Wildman–Crippen MR) is 184 cm³/mol. The number of phenols is 1. The lowest BCUT2D eigenvalue weighted by Crippen LogP contribution is -2.36. The van der Waals surface area contributed by atoms with Crippen molar-refractivity contribution in [3.05, 3.63) is 64.7 Å². The summed E-state index contributed by atoms with van der Waals surface area (Å²) in [6.45, 7) is 3.89. The molecule has 0 spiro atoms. The van der Waals surface area contributed by atoms with Gasteiger partial charge in [-0.3, -0.25) is 0 Å². The van der Waals surface area contributed by atoms with Gasteiger partial charge >= 0.3 is 12.1 Å². The number of alkyl halides is 5. The number of aromatic hydroxyl groups is 1. The molecule has 280 valence electrons. The number of unbranched alkanes of at least 4 members (excludes halogenated alkanes) is 3. The lowest BCUT2D eigenvalue weighted by molar-refractivity contribution is -0.284. The van der Waals surface area contributed by atoms with Crippen molar-refractivity contribution in [1.82, 2.24) is 4.90 Å². The molecule has 0 amide bonds. The highest BCUT2D eigenvalue weighted by Gasteiger charge is 2.56. The molecule has 1 saturated heterocycles. The van der Waals surface area contributed by atoms with E-state index in [1.807, 2.05) is 0 Å². The van der Waals surface area contributed by atoms with E-state index >= 15 is 4.39 Å². The van der Waals surface area contributed by atoms with Crippen molar-refractivity contribution in [2.75, 3.05) is 24.6 Å². The second-order valence-corrected chi connectivity index (χ2v) is 16.3.